The second kappa shape index (κ2) is 14.9. The lowest BCUT2D eigenvalue weighted by atomic mass is 10.1. The molecule has 4 heterocycles. The molecule has 15 nitrogen and oxygen atoms in total. The molecular formula is C36H33N11O4. The van der Waals surface area contributed by atoms with E-state index in [1.807, 2.05) is 61.9 Å². The Labute approximate surface area is 291 Å². The third-order valence-corrected chi connectivity index (χ3v) is 7.91. The van der Waals surface area contributed by atoms with Crippen LogP contribution in [-0.2, 0) is 0 Å². The van der Waals surface area contributed by atoms with Crippen molar-refractivity contribution in [3.63, 3.8) is 0 Å². The minimum atomic E-state index is -0.416. The number of non-ortho nitro benzene ring substituents is 1. The van der Waals surface area contributed by atoms with E-state index in [1.165, 1.54) is 18.5 Å². The molecule has 0 saturated heterocycles. The summed E-state index contributed by atoms with van der Waals surface area (Å²) >= 11 is 0. The van der Waals surface area contributed by atoms with E-state index in [0.29, 0.717) is 34.7 Å². The number of carbonyl (C=O) groups is 2. The number of nitro groups is 1. The molecule has 0 aliphatic rings. The van der Waals surface area contributed by atoms with Gasteiger partial charge >= 0.3 is 0 Å². The molecule has 51 heavy (non-hydrogen) atoms. The zero-order valence-electron chi connectivity index (χ0n) is 27.9. The van der Waals surface area contributed by atoms with Crippen molar-refractivity contribution in [3.05, 3.63) is 149 Å². The maximum Gasteiger partial charge on any atom is 0.271 e. The number of hydrogen-bond acceptors (Lipinski definition) is 9. The van der Waals surface area contributed by atoms with Crippen molar-refractivity contribution in [2.24, 2.45) is 0 Å². The molecule has 0 atom stereocenters. The standard InChI is InChI=1S/C27H26N8O2.C9H7N3O2/c1-4-29-27(37)22-14-35-24(18(22)3)25(30-15-31-35)33-23-12-19(9-8-17(23)2)26(36)32-20-6-5-7-21(13-20)34-11-10-28-16-34;13-12(14)9-3-1-2-8(6-9)11-5-4-10-7-11/h5-16H,4H2,1-3H3,(H,29,37)(H,32,36)(H,30,31,33);1-7H. The van der Waals surface area contributed by atoms with E-state index >= 15 is 0 Å². The average molecular weight is 684 g/mol. The van der Waals surface area contributed by atoms with E-state index in [-0.39, 0.29) is 17.5 Å². The molecule has 4 aromatic heterocycles. The zero-order chi connectivity index (χ0) is 35.9. The first-order valence-electron chi connectivity index (χ1n) is 15.8. The molecule has 15 heteroatoms. The fourth-order valence-corrected chi connectivity index (χ4v) is 5.30. The van der Waals surface area contributed by atoms with E-state index in [2.05, 4.69) is 36.0 Å². The van der Waals surface area contributed by atoms with Gasteiger partial charge in [-0.2, -0.15) is 5.10 Å². The number of imidazole rings is 2. The predicted octanol–water partition coefficient (Wildman–Crippen LogP) is 6.06. The van der Waals surface area contributed by atoms with Crippen LogP contribution < -0.4 is 16.0 Å². The van der Waals surface area contributed by atoms with Gasteiger partial charge in [0.15, 0.2) is 5.82 Å². The highest BCUT2D eigenvalue weighted by Crippen LogP contribution is 2.28. The molecule has 0 bridgehead atoms. The predicted molar refractivity (Wildman–Crippen MR) is 192 cm³/mol. The summed E-state index contributed by atoms with van der Waals surface area (Å²) in [6.07, 6.45) is 13.3. The van der Waals surface area contributed by atoms with Crippen LogP contribution in [0.1, 0.15) is 38.8 Å². The first-order valence-corrected chi connectivity index (χ1v) is 15.8. The minimum Gasteiger partial charge on any atom is -0.352 e. The van der Waals surface area contributed by atoms with E-state index < -0.39 is 4.92 Å². The Morgan fingerprint density at radius 3 is 2.25 bits per heavy atom. The number of anilines is 3. The molecule has 0 aliphatic carbocycles. The highest BCUT2D eigenvalue weighted by molar-refractivity contribution is 6.05. The van der Waals surface area contributed by atoms with Gasteiger partial charge in [-0.25, -0.2) is 19.5 Å². The number of benzene rings is 3. The van der Waals surface area contributed by atoms with Crippen LogP contribution in [0.25, 0.3) is 16.9 Å². The average Bonchev–Trinajstić information content (AvgIpc) is 3.93. The molecule has 0 saturated carbocycles. The Hall–Kier alpha value is -7.16. The summed E-state index contributed by atoms with van der Waals surface area (Å²) in [6.45, 7) is 6.21. The topological polar surface area (TPSA) is 179 Å². The normalized spacial score (nSPS) is 10.6. The van der Waals surface area contributed by atoms with Crippen LogP contribution in [0.5, 0.6) is 0 Å². The Morgan fingerprint density at radius 2 is 1.59 bits per heavy atom. The molecule has 0 radical (unpaired) electrons. The van der Waals surface area contributed by atoms with Crippen molar-refractivity contribution in [2.75, 3.05) is 17.2 Å². The molecule has 2 amide bonds. The summed E-state index contributed by atoms with van der Waals surface area (Å²) < 4.78 is 5.22. The molecular weight excluding hydrogens is 650 g/mol. The smallest absolute Gasteiger partial charge is 0.271 e. The third-order valence-electron chi connectivity index (χ3n) is 7.91. The maximum atomic E-state index is 13.1. The number of nitro benzene ring substituents is 1. The molecule has 3 aromatic carbocycles. The van der Waals surface area contributed by atoms with Gasteiger partial charge < -0.3 is 25.1 Å². The Bertz CT molecular complexity index is 2330. The Kier molecular flexibility index (Phi) is 9.88. The van der Waals surface area contributed by atoms with Crippen LogP contribution in [0.2, 0.25) is 0 Å². The van der Waals surface area contributed by atoms with Gasteiger partial charge in [0.1, 0.15) is 11.8 Å². The van der Waals surface area contributed by atoms with Crippen LogP contribution in [0.4, 0.5) is 22.9 Å². The lowest BCUT2D eigenvalue weighted by Crippen LogP contribution is -2.22. The first kappa shape index (κ1) is 33.7. The van der Waals surface area contributed by atoms with Crippen LogP contribution in [0.15, 0.2) is 117 Å². The minimum absolute atomic E-state index is 0.0798. The maximum absolute atomic E-state index is 13.1. The van der Waals surface area contributed by atoms with Crippen LogP contribution in [0, 0.1) is 24.0 Å². The van der Waals surface area contributed by atoms with Crippen LogP contribution in [-0.4, -0.2) is 57.0 Å². The summed E-state index contributed by atoms with van der Waals surface area (Å²) in [5.74, 6) is 0.135. The van der Waals surface area contributed by atoms with Gasteiger partial charge in [-0.15, -0.1) is 0 Å². The van der Waals surface area contributed by atoms with Crippen molar-refractivity contribution >= 4 is 40.2 Å². The number of carbonyl (C=O) groups excluding carboxylic acids is 2. The lowest BCUT2D eigenvalue weighted by Gasteiger charge is -2.13. The third kappa shape index (κ3) is 7.62. The lowest BCUT2D eigenvalue weighted by molar-refractivity contribution is -0.384. The highest BCUT2D eigenvalue weighted by Gasteiger charge is 2.18. The number of nitrogens with one attached hydrogen (secondary N) is 3. The molecule has 0 spiro atoms. The van der Waals surface area contributed by atoms with E-state index in [9.17, 15) is 19.7 Å². The second-order valence-electron chi connectivity index (χ2n) is 11.3. The largest absolute Gasteiger partial charge is 0.352 e. The number of hydrogen-bond donors (Lipinski definition) is 3. The number of rotatable bonds is 9. The van der Waals surface area contributed by atoms with Gasteiger partial charge in [-0.3, -0.25) is 19.7 Å². The Morgan fingerprint density at radius 1 is 0.882 bits per heavy atom. The van der Waals surface area contributed by atoms with Gasteiger partial charge in [0.2, 0.25) is 0 Å². The van der Waals surface area contributed by atoms with Crippen LogP contribution in [0.3, 0.4) is 0 Å². The number of nitrogens with zero attached hydrogens (tertiary/aromatic N) is 8. The Balaban J connectivity index is 0.000000267. The summed E-state index contributed by atoms with van der Waals surface area (Å²) in [5, 5.41) is 23.9. The van der Waals surface area contributed by atoms with Crippen molar-refractivity contribution in [1.29, 1.82) is 0 Å². The molecule has 0 aliphatic heterocycles. The number of amides is 2. The zero-order valence-corrected chi connectivity index (χ0v) is 27.9. The van der Waals surface area contributed by atoms with Gasteiger partial charge in [-0.1, -0.05) is 18.2 Å². The fraction of sp³-hybridized carbons (Fsp3) is 0.111. The van der Waals surface area contributed by atoms with Gasteiger partial charge in [0, 0.05) is 72.3 Å². The molecule has 0 fully saturated rings. The van der Waals surface area contributed by atoms with Crippen molar-refractivity contribution in [2.45, 2.75) is 20.8 Å². The summed E-state index contributed by atoms with van der Waals surface area (Å²) in [5.41, 5.74) is 6.51. The number of aromatic nitrogens is 7. The quantitative estimate of drug-likeness (QED) is 0.120. The first-order chi connectivity index (χ1) is 24.7. The van der Waals surface area contributed by atoms with Gasteiger partial charge in [0.05, 0.1) is 28.8 Å². The number of aryl methyl sites for hydroxylation is 2. The fourth-order valence-electron chi connectivity index (χ4n) is 5.30. The molecule has 0 unspecified atom stereocenters. The van der Waals surface area contributed by atoms with Crippen molar-refractivity contribution in [1.82, 2.24) is 39.0 Å². The molecule has 7 rings (SSSR count). The monoisotopic (exact) mass is 683 g/mol. The number of fused-ring (bicyclic) bond motifs is 1. The summed E-state index contributed by atoms with van der Waals surface area (Å²) in [4.78, 5) is 48.0. The van der Waals surface area contributed by atoms with Crippen molar-refractivity contribution in [3.8, 4) is 11.4 Å². The van der Waals surface area contributed by atoms with Gasteiger partial charge in [-0.05, 0) is 68.3 Å². The SMILES string of the molecule is CCNC(=O)c1cn2ncnc(Nc3cc(C(=O)Nc4cccc(-n5ccnc5)c4)ccc3C)c2c1C.O=[N+]([O-])c1cccc(-n2ccnc2)c1. The summed E-state index contributed by atoms with van der Waals surface area (Å²) in [7, 11) is 0. The molecule has 3 N–H and O–H groups in total. The van der Waals surface area contributed by atoms with Crippen molar-refractivity contribution < 1.29 is 14.5 Å². The van der Waals surface area contributed by atoms with E-state index in [0.717, 1.165) is 28.2 Å². The van der Waals surface area contributed by atoms with E-state index in [1.54, 1.807) is 70.8 Å². The van der Waals surface area contributed by atoms with E-state index in [4.69, 9.17) is 0 Å². The molecule has 256 valence electrons. The molecule has 7 aromatic rings. The van der Waals surface area contributed by atoms with Gasteiger partial charge in [0.25, 0.3) is 17.5 Å². The van der Waals surface area contributed by atoms with Crippen LogP contribution >= 0.6 is 0 Å². The summed E-state index contributed by atoms with van der Waals surface area (Å²) in [6, 6.07) is 19.4. The highest BCUT2D eigenvalue weighted by atomic mass is 16.6. The second-order valence-corrected chi connectivity index (χ2v) is 11.3.